The summed E-state index contributed by atoms with van der Waals surface area (Å²) in [6.45, 7) is 2.20. The van der Waals surface area contributed by atoms with Crippen LogP contribution in [0.2, 0.25) is 0 Å². The van der Waals surface area contributed by atoms with Crippen LogP contribution >= 0.6 is 0 Å². The Kier molecular flexibility index (Phi) is 2.20. The molecule has 66 valence electrons. The second-order valence-corrected chi connectivity index (χ2v) is 3.98. The molecule has 0 aromatic heterocycles. The lowest BCUT2D eigenvalue weighted by Crippen LogP contribution is -2.34. The highest BCUT2D eigenvalue weighted by Crippen LogP contribution is 2.22. The minimum absolute atomic E-state index is 0.794. The molecular weight excluding hydrogens is 146 g/mol. The predicted octanol–water partition coefficient (Wildman–Crippen LogP) is 2.75. The van der Waals surface area contributed by atoms with E-state index in [2.05, 4.69) is 24.4 Å². The Bertz CT molecular complexity index is 221. The summed E-state index contributed by atoms with van der Waals surface area (Å²) in [5.41, 5.74) is 2.96. The van der Waals surface area contributed by atoms with Crippen LogP contribution in [0.15, 0.2) is 23.4 Å². The van der Waals surface area contributed by atoms with Crippen LogP contribution in [-0.2, 0) is 0 Å². The minimum atomic E-state index is 0.794. The lowest BCUT2D eigenvalue weighted by Gasteiger charge is -2.29. The van der Waals surface area contributed by atoms with Gasteiger partial charge in [0, 0.05) is 11.7 Å². The molecule has 0 aromatic carbocycles. The van der Waals surface area contributed by atoms with Gasteiger partial charge < -0.3 is 5.32 Å². The van der Waals surface area contributed by atoms with Crippen molar-refractivity contribution in [1.29, 1.82) is 0 Å². The molecule has 0 aromatic rings. The molecule has 0 radical (unpaired) electrons. The van der Waals surface area contributed by atoms with Crippen LogP contribution < -0.4 is 5.32 Å². The van der Waals surface area contributed by atoms with E-state index in [4.69, 9.17) is 0 Å². The number of hydrogen-bond acceptors (Lipinski definition) is 1. The summed E-state index contributed by atoms with van der Waals surface area (Å²) in [4.78, 5) is 0. The maximum Gasteiger partial charge on any atom is 0.0258 e. The van der Waals surface area contributed by atoms with Crippen LogP contribution in [0.3, 0.4) is 0 Å². The first-order valence-corrected chi connectivity index (χ1v) is 4.97. The number of hydrogen-bond donors (Lipinski definition) is 1. The molecule has 0 bridgehead atoms. The normalized spacial score (nSPS) is 24.1. The minimum Gasteiger partial charge on any atom is -0.386 e. The Morgan fingerprint density at radius 3 is 2.58 bits per heavy atom. The van der Waals surface area contributed by atoms with Crippen LogP contribution in [0.5, 0.6) is 0 Å². The Balaban J connectivity index is 1.87. The van der Waals surface area contributed by atoms with E-state index in [1.807, 2.05) is 0 Å². The quantitative estimate of drug-likeness (QED) is 0.660. The molecule has 12 heavy (non-hydrogen) atoms. The summed E-state index contributed by atoms with van der Waals surface area (Å²) in [7, 11) is 0. The van der Waals surface area contributed by atoms with E-state index in [1.54, 1.807) is 0 Å². The average molecular weight is 163 g/mol. The van der Waals surface area contributed by atoms with Crippen molar-refractivity contribution in [2.24, 2.45) is 0 Å². The van der Waals surface area contributed by atoms with Gasteiger partial charge in [-0.05, 0) is 45.1 Å². The standard InChI is InChI=1S/C11H17N/c1-9-5-7-11(8-6-9)12-10-3-2-4-10/h5,7,10,12H,2-4,6,8H2,1H3. The van der Waals surface area contributed by atoms with Gasteiger partial charge in [0.2, 0.25) is 0 Å². The van der Waals surface area contributed by atoms with Gasteiger partial charge >= 0.3 is 0 Å². The van der Waals surface area contributed by atoms with Gasteiger partial charge in [-0.25, -0.2) is 0 Å². The van der Waals surface area contributed by atoms with Crippen LogP contribution in [0.4, 0.5) is 0 Å². The fourth-order valence-corrected chi connectivity index (χ4v) is 1.68. The van der Waals surface area contributed by atoms with Crippen LogP contribution in [-0.4, -0.2) is 6.04 Å². The van der Waals surface area contributed by atoms with E-state index in [-0.39, 0.29) is 0 Å². The molecule has 0 aliphatic heterocycles. The van der Waals surface area contributed by atoms with Crippen molar-refractivity contribution in [3.05, 3.63) is 23.4 Å². The molecule has 0 atom stereocenters. The van der Waals surface area contributed by atoms with Gasteiger partial charge in [0.15, 0.2) is 0 Å². The summed E-state index contributed by atoms with van der Waals surface area (Å²) in [5, 5.41) is 3.59. The van der Waals surface area contributed by atoms with Gasteiger partial charge in [-0.3, -0.25) is 0 Å². The van der Waals surface area contributed by atoms with Crippen molar-refractivity contribution >= 4 is 0 Å². The van der Waals surface area contributed by atoms with Crippen LogP contribution in [0.25, 0.3) is 0 Å². The number of allylic oxidation sites excluding steroid dienone is 4. The molecule has 2 aliphatic rings. The molecule has 0 amide bonds. The predicted molar refractivity (Wildman–Crippen MR) is 51.8 cm³/mol. The van der Waals surface area contributed by atoms with Gasteiger partial charge in [0.25, 0.3) is 0 Å². The van der Waals surface area contributed by atoms with E-state index in [1.165, 1.54) is 43.4 Å². The second-order valence-electron chi connectivity index (χ2n) is 3.98. The molecule has 1 heteroatoms. The fourth-order valence-electron chi connectivity index (χ4n) is 1.68. The highest BCUT2D eigenvalue weighted by molar-refractivity contribution is 5.22. The van der Waals surface area contributed by atoms with E-state index in [9.17, 15) is 0 Å². The molecule has 0 unspecified atom stereocenters. The zero-order valence-corrected chi connectivity index (χ0v) is 7.77. The third-order valence-corrected chi connectivity index (χ3v) is 2.85. The summed E-state index contributed by atoms with van der Waals surface area (Å²) >= 11 is 0. The van der Waals surface area contributed by atoms with E-state index >= 15 is 0 Å². The Labute approximate surface area is 74.5 Å². The topological polar surface area (TPSA) is 12.0 Å². The number of rotatable bonds is 2. The van der Waals surface area contributed by atoms with Crippen LogP contribution in [0, 0.1) is 0 Å². The molecule has 1 N–H and O–H groups in total. The van der Waals surface area contributed by atoms with Gasteiger partial charge in [0.05, 0.1) is 0 Å². The lowest BCUT2D eigenvalue weighted by molar-refractivity contribution is 0.360. The molecule has 2 rings (SSSR count). The smallest absolute Gasteiger partial charge is 0.0258 e. The molecular formula is C11H17N. The molecule has 0 heterocycles. The highest BCUT2D eigenvalue weighted by Gasteiger charge is 2.17. The zero-order valence-electron chi connectivity index (χ0n) is 7.77. The highest BCUT2D eigenvalue weighted by atomic mass is 14.9. The van der Waals surface area contributed by atoms with Crippen molar-refractivity contribution in [2.45, 2.75) is 45.1 Å². The largest absolute Gasteiger partial charge is 0.386 e. The molecule has 0 spiro atoms. The summed E-state index contributed by atoms with van der Waals surface area (Å²) in [5.74, 6) is 0. The first kappa shape index (κ1) is 7.90. The summed E-state index contributed by atoms with van der Waals surface area (Å²) < 4.78 is 0. The van der Waals surface area contributed by atoms with Crippen molar-refractivity contribution in [3.63, 3.8) is 0 Å². The van der Waals surface area contributed by atoms with Gasteiger partial charge in [0.1, 0.15) is 0 Å². The molecule has 1 saturated carbocycles. The maximum absolute atomic E-state index is 3.59. The zero-order chi connectivity index (χ0) is 8.39. The molecule has 1 nitrogen and oxygen atoms in total. The Morgan fingerprint density at radius 2 is 2.08 bits per heavy atom. The van der Waals surface area contributed by atoms with E-state index < -0.39 is 0 Å². The van der Waals surface area contributed by atoms with E-state index in [0.29, 0.717) is 0 Å². The Hall–Kier alpha value is -0.720. The van der Waals surface area contributed by atoms with Crippen molar-refractivity contribution in [1.82, 2.24) is 5.32 Å². The third-order valence-electron chi connectivity index (χ3n) is 2.85. The van der Waals surface area contributed by atoms with E-state index in [0.717, 1.165) is 6.04 Å². The summed E-state index contributed by atoms with van der Waals surface area (Å²) in [6, 6.07) is 0.794. The van der Waals surface area contributed by atoms with Gasteiger partial charge in [-0.2, -0.15) is 0 Å². The van der Waals surface area contributed by atoms with Crippen molar-refractivity contribution in [3.8, 4) is 0 Å². The molecule has 0 saturated heterocycles. The maximum atomic E-state index is 3.59. The third kappa shape index (κ3) is 1.71. The van der Waals surface area contributed by atoms with Crippen molar-refractivity contribution < 1.29 is 0 Å². The van der Waals surface area contributed by atoms with Crippen LogP contribution in [0.1, 0.15) is 39.0 Å². The number of nitrogens with one attached hydrogen (secondary N) is 1. The van der Waals surface area contributed by atoms with Gasteiger partial charge in [-0.15, -0.1) is 0 Å². The average Bonchev–Trinajstić information content (AvgIpc) is 2.00. The SMILES string of the molecule is CC1=CC=C(NC2CCC2)CC1. The first-order chi connectivity index (χ1) is 5.84. The molecule has 2 aliphatic carbocycles. The van der Waals surface area contributed by atoms with Crippen molar-refractivity contribution in [2.75, 3.05) is 0 Å². The fraction of sp³-hybridized carbons (Fsp3) is 0.636. The lowest BCUT2D eigenvalue weighted by atomic mass is 9.92. The monoisotopic (exact) mass is 163 g/mol. The van der Waals surface area contributed by atoms with Gasteiger partial charge in [-0.1, -0.05) is 11.6 Å². The first-order valence-electron chi connectivity index (χ1n) is 4.97. The second kappa shape index (κ2) is 3.34. The Morgan fingerprint density at radius 1 is 1.25 bits per heavy atom. The summed E-state index contributed by atoms with van der Waals surface area (Å²) in [6.07, 6.45) is 11.1. The molecule has 1 fully saturated rings.